The lowest BCUT2D eigenvalue weighted by Gasteiger charge is -2.29. The van der Waals surface area contributed by atoms with Crippen molar-refractivity contribution in [1.29, 1.82) is 0 Å². The fourth-order valence-corrected chi connectivity index (χ4v) is 2.83. The van der Waals surface area contributed by atoms with E-state index in [0.717, 1.165) is 45.4 Å². The highest BCUT2D eigenvalue weighted by Crippen LogP contribution is 2.21. The lowest BCUT2D eigenvalue weighted by molar-refractivity contribution is 0.0535. The van der Waals surface area contributed by atoms with Gasteiger partial charge in [0.25, 0.3) is 0 Å². The molecule has 0 saturated carbocycles. The van der Waals surface area contributed by atoms with Gasteiger partial charge in [-0.1, -0.05) is 6.92 Å². The summed E-state index contributed by atoms with van der Waals surface area (Å²) >= 11 is 0. The summed E-state index contributed by atoms with van der Waals surface area (Å²) in [7, 11) is 0. The summed E-state index contributed by atoms with van der Waals surface area (Å²) in [6.07, 6.45) is 4.12. The van der Waals surface area contributed by atoms with E-state index in [9.17, 15) is 0 Å². The first kappa shape index (κ1) is 14.5. The van der Waals surface area contributed by atoms with Crippen molar-refractivity contribution in [3.63, 3.8) is 0 Å². The molecule has 1 aliphatic heterocycles. The molecule has 1 aliphatic rings. The highest BCUT2D eigenvalue weighted by molar-refractivity contribution is 5.12. The van der Waals surface area contributed by atoms with Crippen LogP contribution in [0, 0.1) is 5.92 Å². The Kier molecular flexibility index (Phi) is 5.36. The van der Waals surface area contributed by atoms with Crippen molar-refractivity contribution in [2.75, 3.05) is 13.2 Å². The molecule has 1 aromatic heterocycles. The van der Waals surface area contributed by atoms with Gasteiger partial charge >= 0.3 is 0 Å². The van der Waals surface area contributed by atoms with Crippen LogP contribution in [-0.2, 0) is 24.1 Å². The van der Waals surface area contributed by atoms with Crippen LogP contribution in [0.25, 0.3) is 0 Å². The van der Waals surface area contributed by atoms with Gasteiger partial charge in [0.2, 0.25) is 0 Å². The number of nitrogens with two attached hydrogens (primary N) is 1. The zero-order chi connectivity index (χ0) is 13.7. The molecule has 108 valence electrons. The maximum Gasteiger partial charge on any atom is 0.0624 e. The van der Waals surface area contributed by atoms with Crippen molar-refractivity contribution in [1.82, 2.24) is 15.2 Å². The van der Waals surface area contributed by atoms with E-state index in [0.29, 0.717) is 12.0 Å². The van der Waals surface area contributed by atoms with Crippen LogP contribution in [0.1, 0.15) is 38.1 Å². The molecule has 0 bridgehead atoms. The molecule has 5 heteroatoms. The Hall–Kier alpha value is -0.910. The average Bonchev–Trinajstić information content (AvgIpc) is 2.87. The second-order valence-corrected chi connectivity index (χ2v) is 5.22. The Morgan fingerprint density at radius 1 is 1.47 bits per heavy atom. The topological polar surface area (TPSA) is 65.1 Å². The number of hydrogen-bond donors (Lipinski definition) is 2. The number of nitrogens with one attached hydrogen (secondary N) is 1. The van der Waals surface area contributed by atoms with E-state index in [1.807, 2.05) is 0 Å². The summed E-state index contributed by atoms with van der Waals surface area (Å²) in [4.78, 5) is 0. The minimum absolute atomic E-state index is 0.315. The van der Waals surface area contributed by atoms with Gasteiger partial charge in [0.1, 0.15) is 0 Å². The largest absolute Gasteiger partial charge is 0.381 e. The van der Waals surface area contributed by atoms with Crippen LogP contribution >= 0.6 is 0 Å². The van der Waals surface area contributed by atoms with Crippen LogP contribution in [0.4, 0.5) is 0 Å². The third kappa shape index (κ3) is 3.55. The first-order valence-corrected chi connectivity index (χ1v) is 7.37. The zero-order valence-corrected chi connectivity index (χ0v) is 12.1. The molecule has 1 saturated heterocycles. The predicted molar refractivity (Wildman–Crippen MR) is 75.6 cm³/mol. The number of aryl methyl sites for hydroxylation is 2. The molecule has 1 fully saturated rings. The maximum atomic E-state index is 5.76. The van der Waals surface area contributed by atoms with E-state index in [1.165, 1.54) is 11.4 Å². The molecular formula is C14H26N4O. The van der Waals surface area contributed by atoms with Crippen LogP contribution in [0.2, 0.25) is 0 Å². The summed E-state index contributed by atoms with van der Waals surface area (Å²) in [6, 6.07) is 2.53. The molecule has 0 amide bonds. The molecule has 1 aromatic rings. The Bertz CT molecular complexity index is 385. The molecule has 1 atom stereocenters. The third-order valence-electron chi connectivity index (χ3n) is 4.05. The number of rotatable bonds is 6. The normalized spacial score (nSPS) is 18.7. The van der Waals surface area contributed by atoms with Crippen LogP contribution in [0.15, 0.2) is 6.07 Å². The number of hydrogen-bond acceptors (Lipinski definition) is 4. The lowest BCUT2D eigenvalue weighted by atomic mass is 9.89. The highest BCUT2D eigenvalue weighted by atomic mass is 16.5. The Morgan fingerprint density at radius 3 is 2.79 bits per heavy atom. The van der Waals surface area contributed by atoms with Gasteiger partial charge in [0.05, 0.1) is 5.69 Å². The average molecular weight is 266 g/mol. The molecule has 2 rings (SSSR count). The van der Waals surface area contributed by atoms with E-state index in [-0.39, 0.29) is 0 Å². The molecule has 1 unspecified atom stereocenters. The monoisotopic (exact) mass is 266 g/mol. The van der Waals surface area contributed by atoms with E-state index in [1.54, 1.807) is 0 Å². The zero-order valence-electron chi connectivity index (χ0n) is 12.1. The van der Waals surface area contributed by atoms with Crippen LogP contribution in [-0.4, -0.2) is 29.0 Å². The first-order chi connectivity index (χ1) is 9.28. The summed E-state index contributed by atoms with van der Waals surface area (Å²) < 4.78 is 7.52. The minimum atomic E-state index is 0.315. The summed E-state index contributed by atoms with van der Waals surface area (Å²) in [5.41, 5.74) is 5.45. The molecule has 2 heterocycles. The number of nitrogens with zero attached hydrogens (tertiary/aromatic N) is 2. The fourth-order valence-electron chi connectivity index (χ4n) is 2.83. The maximum absolute atomic E-state index is 5.76. The molecular weight excluding hydrogens is 240 g/mol. The summed E-state index contributed by atoms with van der Waals surface area (Å²) in [6.45, 7) is 6.91. The molecule has 0 spiro atoms. The fraction of sp³-hybridized carbons (Fsp3) is 0.786. The molecule has 0 aliphatic carbocycles. The number of aromatic nitrogens is 2. The standard InChI is InChI=1S/C14H26N4O/c1-3-12-9-13(18(4-2)17-12)10-14(16-15)11-5-7-19-8-6-11/h9,11,14,16H,3-8,10,15H2,1-2H3. The minimum Gasteiger partial charge on any atom is -0.381 e. The van der Waals surface area contributed by atoms with Crippen LogP contribution < -0.4 is 11.3 Å². The van der Waals surface area contributed by atoms with Crippen molar-refractivity contribution >= 4 is 0 Å². The van der Waals surface area contributed by atoms with Gasteiger partial charge in [-0.3, -0.25) is 16.0 Å². The summed E-state index contributed by atoms with van der Waals surface area (Å²) in [5, 5.41) is 4.60. The number of ether oxygens (including phenoxy) is 1. The Balaban J connectivity index is 2.06. The van der Waals surface area contributed by atoms with Crippen LogP contribution in [0.5, 0.6) is 0 Å². The SMILES string of the molecule is CCc1cc(CC(NN)C2CCOCC2)n(CC)n1. The Labute approximate surface area is 115 Å². The van der Waals surface area contributed by atoms with E-state index >= 15 is 0 Å². The number of hydrazine groups is 1. The Morgan fingerprint density at radius 2 is 2.21 bits per heavy atom. The predicted octanol–water partition coefficient (Wildman–Crippen LogP) is 1.27. The lowest BCUT2D eigenvalue weighted by Crippen LogP contribution is -2.44. The molecule has 5 nitrogen and oxygen atoms in total. The van der Waals surface area contributed by atoms with Gasteiger partial charge in [-0.15, -0.1) is 0 Å². The van der Waals surface area contributed by atoms with Gasteiger partial charge in [-0.2, -0.15) is 5.10 Å². The molecule has 3 N–H and O–H groups in total. The molecule has 0 aromatic carbocycles. The quantitative estimate of drug-likeness (QED) is 0.601. The van der Waals surface area contributed by atoms with Crippen molar-refractivity contribution in [2.24, 2.45) is 11.8 Å². The smallest absolute Gasteiger partial charge is 0.0624 e. The molecule has 0 radical (unpaired) electrons. The highest BCUT2D eigenvalue weighted by Gasteiger charge is 2.24. The van der Waals surface area contributed by atoms with Crippen molar-refractivity contribution in [3.05, 3.63) is 17.5 Å². The van der Waals surface area contributed by atoms with Crippen LogP contribution in [0.3, 0.4) is 0 Å². The second-order valence-electron chi connectivity index (χ2n) is 5.22. The third-order valence-corrected chi connectivity index (χ3v) is 4.05. The molecule has 19 heavy (non-hydrogen) atoms. The van der Waals surface area contributed by atoms with Crippen molar-refractivity contribution in [3.8, 4) is 0 Å². The summed E-state index contributed by atoms with van der Waals surface area (Å²) in [5.74, 6) is 6.36. The van der Waals surface area contributed by atoms with Gasteiger partial charge in [-0.25, -0.2) is 0 Å². The first-order valence-electron chi connectivity index (χ1n) is 7.37. The van der Waals surface area contributed by atoms with Crippen molar-refractivity contribution in [2.45, 2.75) is 52.1 Å². The van der Waals surface area contributed by atoms with Gasteiger partial charge < -0.3 is 4.74 Å². The van der Waals surface area contributed by atoms with Gasteiger partial charge in [0, 0.05) is 37.9 Å². The van der Waals surface area contributed by atoms with E-state index in [4.69, 9.17) is 10.6 Å². The van der Waals surface area contributed by atoms with Crippen molar-refractivity contribution < 1.29 is 4.74 Å². The van der Waals surface area contributed by atoms with E-state index in [2.05, 4.69) is 35.1 Å². The second kappa shape index (κ2) is 7.03. The van der Waals surface area contributed by atoms with Gasteiger partial charge in [0.15, 0.2) is 0 Å². The van der Waals surface area contributed by atoms with Gasteiger partial charge in [-0.05, 0) is 38.2 Å². The van der Waals surface area contributed by atoms with E-state index < -0.39 is 0 Å².